The first-order chi connectivity index (χ1) is 25.2. The lowest BCUT2D eigenvalue weighted by Gasteiger charge is -2.38. The van der Waals surface area contributed by atoms with Gasteiger partial charge in [-0.3, -0.25) is 14.2 Å². The number of pyridine rings is 1. The molecule has 12 nitrogen and oxygen atoms in total. The summed E-state index contributed by atoms with van der Waals surface area (Å²) in [6.45, 7) is 2.43. The fourth-order valence-corrected chi connectivity index (χ4v) is 9.08. The van der Waals surface area contributed by atoms with Crippen LogP contribution >= 0.6 is 22.7 Å². The van der Waals surface area contributed by atoms with Crippen molar-refractivity contribution in [2.24, 2.45) is 0 Å². The number of aliphatic hydroxyl groups is 1. The summed E-state index contributed by atoms with van der Waals surface area (Å²) < 4.78 is 8.50. The van der Waals surface area contributed by atoms with Gasteiger partial charge in [0, 0.05) is 37.1 Å². The molecule has 1 atom stereocenters. The number of aryl methyl sites for hydroxylation is 1. The van der Waals surface area contributed by atoms with Gasteiger partial charge in [-0.25, -0.2) is 9.48 Å². The van der Waals surface area contributed by atoms with Crippen LogP contribution in [0.15, 0.2) is 82.3 Å². The van der Waals surface area contributed by atoms with E-state index in [-0.39, 0.29) is 33.4 Å². The van der Waals surface area contributed by atoms with Crippen molar-refractivity contribution in [1.82, 2.24) is 30.2 Å². The largest absolute Gasteiger partial charge is 0.506 e. The van der Waals surface area contributed by atoms with E-state index in [0.29, 0.717) is 38.8 Å². The third-order valence-electron chi connectivity index (χ3n) is 10.0. The van der Waals surface area contributed by atoms with Crippen molar-refractivity contribution < 1.29 is 34.3 Å². The number of benzene rings is 2. The van der Waals surface area contributed by atoms with Crippen LogP contribution in [0.5, 0.6) is 5.75 Å². The monoisotopic (exact) mass is 782 g/mol. The van der Waals surface area contributed by atoms with Gasteiger partial charge in [0.2, 0.25) is 11.2 Å². The number of carboxylic acid groups (broad SMARTS) is 1. The van der Waals surface area contributed by atoms with Crippen LogP contribution in [0.2, 0.25) is 0 Å². The maximum Gasteiger partial charge on any atom is 0.347 e. The molecule has 7 rings (SSSR count). The molecule has 5 N–H and O–H groups in total. The zero-order valence-corrected chi connectivity index (χ0v) is 31.2. The number of H-pyrrole nitrogens is 1. The van der Waals surface area contributed by atoms with Crippen LogP contribution in [0.3, 0.4) is 0 Å². The normalized spacial score (nSPS) is 16.6. The average Bonchev–Trinajstić information content (AvgIpc) is 3.95. The molecule has 4 aromatic heterocycles. The maximum atomic E-state index is 12.8. The Morgan fingerprint density at radius 3 is 2.44 bits per heavy atom. The highest BCUT2D eigenvalue weighted by Crippen LogP contribution is 2.42. The SMILES string of the molecule is CN(CCCn1nnc2cc(CNC[C@H](O)c3ccc(O)c4[nH]c(=O)ccc34)ccc21)C1CCC(OC(C(=O)O)(c2cccs2)c2cccs2)CC1.F.F. The van der Waals surface area contributed by atoms with Gasteiger partial charge in [0.1, 0.15) is 11.3 Å². The second kappa shape index (κ2) is 17.7. The Morgan fingerprint density at radius 2 is 1.78 bits per heavy atom. The smallest absolute Gasteiger partial charge is 0.347 e. The fourth-order valence-electron chi connectivity index (χ4n) is 7.27. The van der Waals surface area contributed by atoms with Gasteiger partial charge in [0.25, 0.3) is 0 Å². The standard InChI is InChI=1S/C38H42N6O6S2.2FH/c1-43(25-8-10-26(11-9-25)50-38(37(48)49,33-5-2-19-51-33)34-6-3-20-52-34)17-4-18-44-30-14-7-24(21-29(30)41-42-44)22-39-23-32(46)27-12-15-31(45)36-28(27)13-16-35(47)40-36;;/h2-3,5-7,12-16,19-21,25-26,32,39,45-46H,4,8-11,17-18,22-23H2,1H3,(H,40,47)(H,48,49);2*1H/t25?,26?,32-;;/m0../s1. The minimum absolute atomic E-state index is 0. The number of aromatic amines is 1. The fraction of sp³-hybridized carbons (Fsp3) is 0.368. The predicted octanol–water partition coefficient (Wildman–Crippen LogP) is 5.91. The third kappa shape index (κ3) is 8.38. The lowest BCUT2D eigenvalue weighted by molar-refractivity contribution is -0.170. The number of halogens is 2. The van der Waals surface area contributed by atoms with Crippen molar-refractivity contribution in [2.45, 2.75) is 69.0 Å². The zero-order chi connectivity index (χ0) is 36.2. The first kappa shape index (κ1) is 40.6. The highest BCUT2D eigenvalue weighted by molar-refractivity contribution is 7.12. The molecule has 2 aromatic carbocycles. The number of hydrogen-bond donors (Lipinski definition) is 5. The molecule has 0 unspecified atom stereocenters. The van der Waals surface area contributed by atoms with Gasteiger partial charge in [-0.15, -0.1) is 27.8 Å². The minimum Gasteiger partial charge on any atom is -0.506 e. The van der Waals surface area contributed by atoms with Crippen LogP contribution in [0.25, 0.3) is 21.9 Å². The van der Waals surface area contributed by atoms with Gasteiger partial charge >= 0.3 is 5.97 Å². The van der Waals surface area contributed by atoms with Crippen LogP contribution < -0.4 is 10.9 Å². The number of phenols is 1. The average molecular weight is 783 g/mol. The highest BCUT2D eigenvalue weighted by Gasteiger charge is 2.48. The van der Waals surface area contributed by atoms with Gasteiger partial charge in [0.05, 0.1) is 33.0 Å². The summed E-state index contributed by atoms with van der Waals surface area (Å²) in [5.74, 6) is -1.01. The summed E-state index contributed by atoms with van der Waals surface area (Å²) in [7, 11) is 2.16. The third-order valence-corrected chi connectivity index (χ3v) is 12.0. The molecule has 288 valence electrons. The van der Waals surface area contributed by atoms with E-state index in [9.17, 15) is 24.9 Å². The number of hydrogen-bond acceptors (Lipinski definition) is 11. The van der Waals surface area contributed by atoms with E-state index >= 15 is 0 Å². The van der Waals surface area contributed by atoms with Crippen molar-refractivity contribution in [3.05, 3.63) is 109 Å². The summed E-state index contributed by atoms with van der Waals surface area (Å²) in [5.41, 5.74) is 1.92. The molecule has 0 aliphatic heterocycles. The second-order valence-electron chi connectivity index (χ2n) is 13.4. The number of fused-ring (bicyclic) bond motifs is 2. The number of aromatic nitrogens is 4. The summed E-state index contributed by atoms with van der Waals surface area (Å²) in [6, 6.07) is 20.1. The maximum absolute atomic E-state index is 12.8. The molecular formula is C38H44F2N6O6S2. The van der Waals surface area contributed by atoms with Crippen molar-refractivity contribution in [2.75, 3.05) is 20.1 Å². The van der Waals surface area contributed by atoms with Crippen LogP contribution in [0.4, 0.5) is 9.41 Å². The number of rotatable bonds is 15. The first-order valence-electron chi connectivity index (χ1n) is 17.5. The lowest BCUT2D eigenvalue weighted by atomic mass is 9.90. The van der Waals surface area contributed by atoms with E-state index in [2.05, 4.69) is 32.6 Å². The molecule has 1 aliphatic rings. The molecule has 0 amide bonds. The van der Waals surface area contributed by atoms with Crippen LogP contribution in [-0.2, 0) is 28.2 Å². The summed E-state index contributed by atoms with van der Waals surface area (Å²) in [6.07, 6.45) is 3.43. The van der Waals surface area contributed by atoms with E-state index in [4.69, 9.17) is 4.74 Å². The van der Waals surface area contributed by atoms with Gasteiger partial charge in [-0.1, -0.05) is 29.5 Å². The van der Waals surface area contributed by atoms with E-state index in [1.165, 1.54) is 34.8 Å². The number of nitrogens with one attached hydrogen (secondary N) is 2. The van der Waals surface area contributed by atoms with Crippen LogP contribution in [0.1, 0.15) is 59.1 Å². The number of ether oxygens (including phenoxy) is 1. The number of aliphatic hydroxyl groups excluding tert-OH is 1. The van der Waals surface area contributed by atoms with Gasteiger partial charge in [0.15, 0.2) is 0 Å². The number of carbonyl (C=O) groups is 1. The minimum atomic E-state index is -1.47. The van der Waals surface area contributed by atoms with Crippen LogP contribution in [0, 0.1) is 0 Å². The van der Waals surface area contributed by atoms with Crippen LogP contribution in [-0.4, -0.2) is 78.4 Å². The first-order valence-corrected chi connectivity index (χ1v) is 19.2. The Labute approximate surface area is 317 Å². The molecule has 0 radical (unpaired) electrons. The van der Waals surface area contributed by atoms with Gasteiger partial charge in [-0.2, -0.15) is 0 Å². The molecule has 4 heterocycles. The zero-order valence-electron chi connectivity index (χ0n) is 29.6. The molecular weight excluding hydrogens is 739 g/mol. The van der Waals surface area contributed by atoms with Crippen molar-refractivity contribution in [3.8, 4) is 5.75 Å². The Kier molecular flexibility index (Phi) is 13.3. The Hall–Kier alpha value is -4.58. The summed E-state index contributed by atoms with van der Waals surface area (Å²) in [4.78, 5) is 30.9. The molecule has 0 saturated heterocycles. The molecule has 54 heavy (non-hydrogen) atoms. The lowest BCUT2D eigenvalue weighted by Crippen LogP contribution is -2.44. The van der Waals surface area contributed by atoms with E-state index < -0.39 is 17.7 Å². The van der Waals surface area contributed by atoms with E-state index in [1.807, 2.05) is 57.9 Å². The topological polar surface area (TPSA) is 166 Å². The molecule has 1 aliphatic carbocycles. The quantitative estimate of drug-likeness (QED) is 0.0846. The predicted molar refractivity (Wildman–Crippen MR) is 207 cm³/mol. The second-order valence-corrected chi connectivity index (χ2v) is 15.3. The molecule has 6 aromatic rings. The number of phenolic OH excluding ortho intramolecular Hbond substituents is 1. The summed E-state index contributed by atoms with van der Waals surface area (Å²) in [5, 5.41) is 48.0. The van der Waals surface area contributed by atoms with Gasteiger partial charge < -0.3 is 35.3 Å². The van der Waals surface area contributed by atoms with E-state index in [1.54, 1.807) is 12.1 Å². The molecule has 0 bridgehead atoms. The van der Waals surface area contributed by atoms with Crippen molar-refractivity contribution >= 4 is 50.6 Å². The van der Waals surface area contributed by atoms with Crippen molar-refractivity contribution in [3.63, 3.8) is 0 Å². The molecule has 0 spiro atoms. The Morgan fingerprint density at radius 1 is 1.06 bits per heavy atom. The Bertz CT molecular complexity index is 2150. The number of nitrogens with zero attached hydrogens (tertiary/aromatic N) is 4. The number of thiophene rings is 2. The number of aromatic hydroxyl groups is 1. The number of carboxylic acids is 1. The van der Waals surface area contributed by atoms with Crippen molar-refractivity contribution in [1.29, 1.82) is 0 Å². The highest BCUT2D eigenvalue weighted by atomic mass is 32.1. The Balaban J connectivity index is 0.00000280. The molecule has 16 heteroatoms. The van der Waals surface area contributed by atoms with E-state index in [0.717, 1.165) is 61.8 Å². The van der Waals surface area contributed by atoms with Gasteiger partial charge in [-0.05, 0) is 104 Å². The molecule has 1 fully saturated rings. The molecule has 1 saturated carbocycles. The summed E-state index contributed by atoms with van der Waals surface area (Å²) >= 11 is 2.84. The number of aliphatic carboxylic acids is 1.